The summed E-state index contributed by atoms with van der Waals surface area (Å²) >= 11 is 4.24. The number of carbonyl (C=O) groups excluding carboxylic acids is 1. The summed E-state index contributed by atoms with van der Waals surface area (Å²) in [7, 11) is 0. The highest BCUT2D eigenvalue weighted by Gasteiger charge is 2.25. The molecule has 1 aromatic rings. The van der Waals surface area contributed by atoms with Gasteiger partial charge in [0.1, 0.15) is 0 Å². The molecule has 0 radical (unpaired) electrons. The molecule has 0 atom stereocenters. The highest BCUT2D eigenvalue weighted by Crippen LogP contribution is 2.19. The van der Waals surface area contributed by atoms with Crippen LogP contribution in [0.2, 0.25) is 0 Å². The summed E-state index contributed by atoms with van der Waals surface area (Å²) in [5.74, 6) is 0.104. The quantitative estimate of drug-likeness (QED) is 0.756. The first-order chi connectivity index (χ1) is 8.55. The molecule has 1 amide bonds. The molecule has 0 saturated carbocycles. The maximum absolute atomic E-state index is 12.1. The summed E-state index contributed by atoms with van der Waals surface area (Å²) in [6.07, 6.45) is 3.36. The van der Waals surface area contributed by atoms with Gasteiger partial charge in [-0.25, -0.2) is 0 Å². The summed E-state index contributed by atoms with van der Waals surface area (Å²) in [6.45, 7) is 6.38. The lowest BCUT2D eigenvalue weighted by Crippen LogP contribution is -2.47. The van der Waals surface area contributed by atoms with Gasteiger partial charge in [-0.05, 0) is 37.0 Å². The Morgan fingerprint density at radius 2 is 1.61 bits per heavy atom. The first kappa shape index (κ1) is 15.1. The Bertz CT molecular complexity index is 374. The van der Waals surface area contributed by atoms with Crippen molar-refractivity contribution in [3.05, 3.63) is 29.8 Å². The molecule has 0 aromatic heterocycles. The Kier molecular flexibility index (Phi) is 5.73. The Morgan fingerprint density at radius 1 is 1.11 bits per heavy atom. The lowest BCUT2D eigenvalue weighted by atomic mass is 9.89. The van der Waals surface area contributed by atoms with Gasteiger partial charge >= 0.3 is 0 Å². The number of thiol groups is 1. The van der Waals surface area contributed by atoms with Crippen LogP contribution in [0.3, 0.4) is 0 Å². The number of benzene rings is 1. The zero-order chi connectivity index (χ0) is 13.6. The van der Waals surface area contributed by atoms with E-state index in [1.54, 1.807) is 0 Å². The molecule has 0 aliphatic heterocycles. The van der Waals surface area contributed by atoms with Crippen LogP contribution >= 0.6 is 12.6 Å². The molecule has 0 fully saturated rings. The Hall–Kier alpha value is -0.960. The van der Waals surface area contributed by atoms with Gasteiger partial charge in [0.25, 0.3) is 0 Å². The molecule has 0 aliphatic carbocycles. The van der Waals surface area contributed by atoms with Crippen LogP contribution in [0.15, 0.2) is 29.2 Å². The second-order valence-electron chi connectivity index (χ2n) is 4.73. The van der Waals surface area contributed by atoms with Crippen LogP contribution in [0.1, 0.15) is 45.6 Å². The fraction of sp³-hybridized carbons (Fsp3) is 0.533. The standard InChI is InChI=1S/C15H23NOS/c1-4-15(5-2,6-3)16-14(17)11-12-7-9-13(18)10-8-12/h7-10,18H,4-6,11H2,1-3H3,(H,16,17). The Morgan fingerprint density at radius 3 is 2.06 bits per heavy atom. The van der Waals surface area contributed by atoms with Crippen LogP contribution in [-0.2, 0) is 11.2 Å². The Balaban J connectivity index is 2.63. The molecule has 100 valence electrons. The van der Waals surface area contributed by atoms with Crippen molar-refractivity contribution in [2.24, 2.45) is 0 Å². The van der Waals surface area contributed by atoms with Gasteiger partial charge in [-0.15, -0.1) is 12.6 Å². The number of nitrogens with one attached hydrogen (secondary N) is 1. The van der Waals surface area contributed by atoms with Crippen molar-refractivity contribution in [1.29, 1.82) is 0 Å². The zero-order valence-corrected chi connectivity index (χ0v) is 12.4. The van der Waals surface area contributed by atoms with E-state index in [0.717, 1.165) is 29.7 Å². The van der Waals surface area contributed by atoms with Gasteiger partial charge in [0.2, 0.25) is 5.91 Å². The monoisotopic (exact) mass is 265 g/mol. The number of carbonyl (C=O) groups is 1. The van der Waals surface area contributed by atoms with E-state index >= 15 is 0 Å². The summed E-state index contributed by atoms with van der Waals surface area (Å²) in [6, 6.07) is 7.73. The third-order valence-electron chi connectivity index (χ3n) is 3.74. The fourth-order valence-electron chi connectivity index (χ4n) is 2.15. The molecule has 0 spiro atoms. The molecular formula is C15H23NOS. The van der Waals surface area contributed by atoms with Gasteiger partial charge in [0.05, 0.1) is 6.42 Å². The minimum Gasteiger partial charge on any atom is -0.350 e. The van der Waals surface area contributed by atoms with Gasteiger partial charge in [-0.2, -0.15) is 0 Å². The van der Waals surface area contributed by atoms with Gasteiger partial charge in [-0.1, -0.05) is 32.9 Å². The number of hydrogen-bond donors (Lipinski definition) is 2. The topological polar surface area (TPSA) is 29.1 Å². The van der Waals surface area contributed by atoms with Gasteiger partial charge < -0.3 is 5.32 Å². The van der Waals surface area contributed by atoms with E-state index in [2.05, 4.69) is 38.7 Å². The first-order valence-electron chi connectivity index (χ1n) is 6.64. The molecular weight excluding hydrogens is 242 g/mol. The molecule has 0 aliphatic rings. The lowest BCUT2D eigenvalue weighted by Gasteiger charge is -2.31. The van der Waals surface area contributed by atoms with E-state index in [4.69, 9.17) is 0 Å². The SMILES string of the molecule is CCC(CC)(CC)NC(=O)Cc1ccc(S)cc1. The van der Waals surface area contributed by atoms with Crippen LogP contribution < -0.4 is 5.32 Å². The second-order valence-corrected chi connectivity index (χ2v) is 5.25. The maximum atomic E-state index is 12.1. The molecule has 0 bridgehead atoms. The molecule has 0 heterocycles. The molecule has 1 aromatic carbocycles. The average molecular weight is 265 g/mol. The summed E-state index contributed by atoms with van der Waals surface area (Å²) in [5.41, 5.74) is 0.989. The van der Waals surface area contributed by atoms with Crippen molar-refractivity contribution in [1.82, 2.24) is 5.32 Å². The zero-order valence-electron chi connectivity index (χ0n) is 11.5. The van der Waals surface area contributed by atoms with E-state index < -0.39 is 0 Å². The lowest BCUT2D eigenvalue weighted by molar-refractivity contribution is -0.122. The molecule has 18 heavy (non-hydrogen) atoms. The second kappa shape index (κ2) is 6.83. The summed E-state index contributed by atoms with van der Waals surface area (Å²) < 4.78 is 0. The van der Waals surface area contributed by atoms with Gasteiger partial charge in [0.15, 0.2) is 0 Å². The normalized spacial score (nSPS) is 11.3. The van der Waals surface area contributed by atoms with E-state index in [-0.39, 0.29) is 11.4 Å². The third kappa shape index (κ3) is 4.05. The van der Waals surface area contributed by atoms with E-state index in [1.165, 1.54) is 0 Å². The van der Waals surface area contributed by atoms with E-state index in [9.17, 15) is 4.79 Å². The van der Waals surface area contributed by atoms with Crippen molar-refractivity contribution < 1.29 is 4.79 Å². The Labute approximate surface area is 116 Å². The van der Waals surface area contributed by atoms with E-state index in [0.29, 0.717) is 6.42 Å². The number of hydrogen-bond acceptors (Lipinski definition) is 2. The number of rotatable bonds is 6. The van der Waals surface area contributed by atoms with Gasteiger partial charge in [-0.3, -0.25) is 4.79 Å². The average Bonchev–Trinajstić information content (AvgIpc) is 2.39. The molecule has 3 heteroatoms. The first-order valence-corrected chi connectivity index (χ1v) is 7.09. The highest BCUT2D eigenvalue weighted by atomic mass is 32.1. The van der Waals surface area contributed by atoms with Crippen LogP contribution in [0.5, 0.6) is 0 Å². The van der Waals surface area contributed by atoms with Gasteiger partial charge in [0, 0.05) is 10.4 Å². The van der Waals surface area contributed by atoms with Crippen molar-refractivity contribution in [2.45, 2.75) is 56.9 Å². The fourth-order valence-corrected chi connectivity index (χ4v) is 2.30. The molecule has 1 N–H and O–H groups in total. The smallest absolute Gasteiger partial charge is 0.224 e. The van der Waals surface area contributed by atoms with Crippen molar-refractivity contribution in [3.63, 3.8) is 0 Å². The summed E-state index contributed by atoms with van der Waals surface area (Å²) in [5, 5.41) is 3.18. The van der Waals surface area contributed by atoms with E-state index in [1.807, 2.05) is 24.3 Å². The van der Waals surface area contributed by atoms with Crippen LogP contribution in [-0.4, -0.2) is 11.4 Å². The number of amides is 1. The molecule has 0 unspecified atom stereocenters. The molecule has 0 saturated heterocycles. The van der Waals surface area contributed by atoms with Crippen molar-refractivity contribution in [3.8, 4) is 0 Å². The molecule has 2 nitrogen and oxygen atoms in total. The highest BCUT2D eigenvalue weighted by molar-refractivity contribution is 7.80. The predicted molar refractivity (Wildman–Crippen MR) is 79.1 cm³/mol. The minimum atomic E-state index is -0.0411. The maximum Gasteiger partial charge on any atom is 0.224 e. The minimum absolute atomic E-state index is 0.0411. The van der Waals surface area contributed by atoms with Crippen LogP contribution in [0, 0.1) is 0 Å². The van der Waals surface area contributed by atoms with Crippen molar-refractivity contribution >= 4 is 18.5 Å². The largest absolute Gasteiger partial charge is 0.350 e. The third-order valence-corrected chi connectivity index (χ3v) is 4.03. The van der Waals surface area contributed by atoms with Crippen LogP contribution in [0.25, 0.3) is 0 Å². The van der Waals surface area contributed by atoms with Crippen LogP contribution in [0.4, 0.5) is 0 Å². The summed E-state index contributed by atoms with van der Waals surface area (Å²) in [4.78, 5) is 13.0. The van der Waals surface area contributed by atoms with Crippen molar-refractivity contribution in [2.75, 3.05) is 0 Å². The predicted octanol–water partition coefficient (Wildman–Crippen LogP) is 3.60. The molecule has 1 rings (SSSR count).